The van der Waals surface area contributed by atoms with Gasteiger partial charge in [-0.2, -0.15) is 10.1 Å². The third kappa shape index (κ3) is 2.80. The van der Waals surface area contributed by atoms with Crippen LogP contribution >= 0.6 is 0 Å². The number of aromatic nitrogens is 5. The van der Waals surface area contributed by atoms with Gasteiger partial charge in [0.15, 0.2) is 5.75 Å². The second kappa shape index (κ2) is 5.81. The third-order valence-corrected chi connectivity index (χ3v) is 3.92. The number of rotatable bonds is 3. The van der Waals surface area contributed by atoms with Crippen molar-refractivity contribution in [3.8, 4) is 11.8 Å². The van der Waals surface area contributed by atoms with Crippen LogP contribution in [0, 0.1) is 0 Å². The van der Waals surface area contributed by atoms with Crippen molar-refractivity contribution in [1.29, 1.82) is 0 Å². The smallest absolute Gasteiger partial charge is 0.302 e. The Hall–Kier alpha value is -2.74. The molecule has 0 saturated carbocycles. The first-order chi connectivity index (χ1) is 11.3. The first kappa shape index (κ1) is 13.9. The van der Waals surface area contributed by atoms with Crippen molar-refractivity contribution in [1.82, 2.24) is 30.0 Å². The molecule has 1 atom stereocenters. The van der Waals surface area contributed by atoms with Crippen molar-refractivity contribution in [2.24, 2.45) is 0 Å². The molecule has 0 radical (unpaired) electrons. The molecule has 4 rings (SSSR count). The highest BCUT2D eigenvalue weighted by atomic mass is 16.5. The summed E-state index contributed by atoms with van der Waals surface area (Å²) in [5.41, 5.74) is 0.242. The van der Waals surface area contributed by atoms with Crippen LogP contribution in [0.4, 0.5) is 0 Å². The number of H-pyrrole nitrogens is 1. The Morgan fingerprint density at radius 1 is 1.35 bits per heavy atom. The molecule has 1 saturated heterocycles. The maximum Gasteiger partial charge on any atom is 0.302 e. The number of piperidine rings is 1. The lowest BCUT2D eigenvalue weighted by Gasteiger charge is -2.22. The molecule has 0 aromatic carbocycles. The van der Waals surface area contributed by atoms with Crippen molar-refractivity contribution in [2.75, 3.05) is 13.1 Å². The van der Waals surface area contributed by atoms with E-state index in [9.17, 15) is 4.79 Å². The van der Waals surface area contributed by atoms with Crippen molar-refractivity contribution < 1.29 is 4.74 Å². The summed E-state index contributed by atoms with van der Waals surface area (Å²) in [5, 5.41) is 8.17. The Kier molecular flexibility index (Phi) is 3.51. The Bertz CT molecular complexity index is 881. The van der Waals surface area contributed by atoms with E-state index in [1.165, 1.54) is 6.20 Å². The fourth-order valence-corrected chi connectivity index (χ4v) is 2.76. The highest BCUT2D eigenvalue weighted by Crippen LogP contribution is 2.21. The number of pyridine rings is 1. The van der Waals surface area contributed by atoms with Gasteiger partial charge in [-0.3, -0.25) is 19.4 Å². The molecule has 1 fully saturated rings. The lowest BCUT2D eigenvalue weighted by Crippen LogP contribution is -2.31. The Morgan fingerprint density at radius 3 is 3.17 bits per heavy atom. The minimum atomic E-state index is -0.253. The standard InChI is InChI=1S/C15H16N6O2/c22-14-12-3-5-17-8-13(12)19-15(20-14)23-11-7-18-21(9-11)10-2-1-4-16-6-10/h3,5,7-10,16H,1-2,4,6H2,(H,19,20,22). The normalized spacial score (nSPS) is 18.2. The average Bonchev–Trinajstić information content (AvgIpc) is 3.04. The van der Waals surface area contributed by atoms with E-state index in [0.717, 1.165) is 25.9 Å². The van der Waals surface area contributed by atoms with Crippen molar-refractivity contribution in [3.63, 3.8) is 0 Å². The monoisotopic (exact) mass is 312 g/mol. The Balaban J connectivity index is 1.58. The zero-order valence-corrected chi connectivity index (χ0v) is 12.4. The van der Waals surface area contributed by atoms with Crippen LogP contribution in [-0.2, 0) is 0 Å². The van der Waals surface area contributed by atoms with Gasteiger partial charge in [0, 0.05) is 12.7 Å². The molecule has 23 heavy (non-hydrogen) atoms. The van der Waals surface area contributed by atoms with Crippen molar-refractivity contribution in [3.05, 3.63) is 41.2 Å². The summed E-state index contributed by atoms with van der Waals surface area (Å²) in [5.74, 6) is 0.543. The topological polar surface area (TPSA) is 97.7 Å². The fourth-order valence-electron chi connectivity index (χ4n) is 2.76. The van der Waals surface area contributed by atoms with Crippen LogP contribution in [0.5, 0.6) is 11.8 Å². The molecule has 118 valence electrons. The molecule has 0 amide bonds. The quantitative estimate of drug-likeness (QED) is 0.755. The molecular weight excluding hydrogens is 296 g/mol. The van der Waals surface area contributed by atoms with Crippen LogP contribution in [0.3, 0.4) is 0 Å². The summed E-state index contributed by atoms with van der Waals surface area (Å²) in [6, 6.07) is 2.09. The molecule has 0 spiro atoms. The summed E-state index contributed by atoms with van der Waals surface area (Å²) < 4.78 is 7.53. The molecule has 0 bridgehead atoms. The SMILES string of the molecule is O=c1[nH]c(Oc2cnn(C3CCCNC3)c2)nc2cnccc12. The summed E-state index contributed by atoms with van der Waals surface area (Å²) >= 11 is 0. The van der Waals surface area contributed by atoms with Gasteiger partial charge in [-0.1, -0.05) is 0 Å². The van der Waals surface area contributed by atoms with Gasteiger partial charge >= 0.3 is 6.01 Å². The Morgan fingerprint density at radius 2 is 2.30 bits per heavy atom. The number of hydrogen-bond donors (Lipinski definition) is 2. The maximum atomic E-state index is 12.0. The lowest BCUT2D eigenvalue weighted by molar-refractivity contribution is 0.345. The fraction of sp³-hybridized carbons (Fsp3) is 0.333. The number of fused-ring (bicyclic) bond motifs is 1. The van der Waals surface area contributed by atoms with Gasteiger partial charge in [0.25, 0.3) is 5.56 Å². The van der Waals surface area contributed by atoms with E-state index in [1.54, 1.807) is 18.5 Å². The van der Waals surface area contributed by atoms with E-state index < -0.39 is 0 Å². The van der Waals surface area contributed by atoms with Gasteiger partial charge in [0.1, 0.15) is 0 Å². The summed E-state index contributed by atoms with van der Waals surface area (Å²) in [6.07, 6.45) is 8.77. The van der Waals surface area contributed by atoms with Gasteiger partial charge in [-0.25, -0.2) is 0 Å². The second-order valence-electron chi connectivity index (χ2n) is 5.52. The summed E-state index contributed by atoms with van der Waals surface area (Å²) in [4.78, 5) is 22.9. The van der Waals surface area contributed by atoms with Crippen molar-refractivity contribution >= 4 is 10.9 Å². The molecular formula is C15H16N6O2. The molecule has 0 aliphatic carbocycles. The molecule has 3 aromatic rings. The van der Waals surface area contributed by atoms with Gasteiger partial charge in [-0.05, 0) is 25.5 Å². The number of hydrogen-bond acceptors (Lipinski definition) is 6. The van der Waals surface area contributed by atoms with E-state index in [4.69, 9.17) is 4.74 Å². The minimum Gasteiger partial charge on any atom is -0.422 e. The van der Waals surface area contributed by atoms with Gasteiger partial charge in [-0.15, -0.1) is 0 Å². The highest BCUT2D eigenvalue weighted by Gasteiger charge is 2.16. The molecule has 1 aliphatic heterocycles. The van der Waals surface area contributed by atoms with E-state index >= 15 is 0 Å². The van der Waals surface area contributed by atoms with Crippen LogP contribution in [-0.4, -0.2) is 37.8 Å². The van der Waals surface area contributed by atoms with Crippen molar-refractivity contribution in [2.45, 2.75) is 18.9 Å². The molecule has 1 unspecified atom stereocenters. The largest absolute Gasteiger partial charge is 0.422 e. The molecule has 2 N–H and O–H groups in total. The minimum absolute atomic E-state index is 0.136. The van der Waals surface area contributed by atoms with Crippen LogP contribution < -0.4 is 15.6 Å². The third-order valence-electron chi connectivity index (χ3n) is 3.92. The highest BCUT2D eigenvalue weighted by molar-refractivity contribution is 5.76. The predicted molar refractivity (Wildman–Crippen MR) is 83.6 cm³/mol. The second-order valence-corrected chi connectivity index (χ2v) is 5.52. The predicted octanol–water partition coefficient (Wildman–Crippen LogP) is 1.23. The number of nitrogens with zero attached hydrogens (tertiary/aromatic N) is 4. The molecule has 8 nitrogen and oxygen atoms in total. The summed E-state index contributed by atoms with van der Waals surface area (Å²) in [7, 11) is 0. The number of aromatic amines is 1. The lowest BCUT2D eigenvalue weighted by atomic mass is 10.1. The van der Waals surface area contributed by atoms with Crippen LogP contribution in [0.2, 0.25) is 0 Å². The summed E-state index contributed by atoms with van der Waals surface area (Å²) in [6.45, 7) is 1.95. The van der Waals surface area contributed by atoms with Crippen LogP contribution in [0.25, 0.3) is 10.9 Å². The molecule has 3 aromatic heterocycles. The van der Waals surface area contributed by atoms with Gasteiger partial charge in [0.2, 0.25) is 0 Å². The van der Waals surface area contributed by atoms with Crippen LogP contribution in [0.1, 0.15) is 18.9 Å². The number of nitrogens with one attached hydrogen (secondary N) is 2. The Labute approximate surface area is 131 Å². The molecule has 4 heterocycles. The zero-order chi connectivity index (χ0) is 15.6. The van der Waals surface area contributed by atoms with Gasteiger partial charge in [0.05, 0.1) is 35.5 Å². The molecule has 1 aliphatic rings. The van der Waals surface area contributed by atoms with Gasteiger partial charge < -0.3 is 10.1 Å². The van der Waals surface area contributed by atoms with E-state index in [2.05, 4.69) is 25.4 Å². The van der Waals surface area contributed by atoms with E-state index in [-0.39, 0.29) is 11.6 Å². The number of ether oxygens (including phenoxy) is 1. The first-order valence-corrected chi connectivity index (χ1v) is 7.56. The van der Waals surface area contributed by atoms with E-state index in [0.29, 0.717) is 22.7 Å². The maximum absolute atomic E-state index is 12.0. The van der Waals surface area contributed by atoms with Crippen LogP contribution in [0.15, 0.2) is 35.6 Å². The first-order valence-electron chi connectivity index (χ1n) is 7.56. The zero-order valence-electron chi connectivity index (χ0n) is 12.4. The molecule has 8 heteroatoms. The average molecular weight is 312 g/mol. The van der Waals surface area contributed by atoms with E-state index in [1.807, 2.05) is 10.9 Å².